The molecule has 0 aliphatic heterocycles. The van der Waals surface area contributed by atoms with Gasteiger partial charge in [0.05, 0.1) is 16.1 Å². The third-order valence-corrected chi connectivity index (χ3v) is 5.07. The summed E-state index contributed by atoms with van der Waals surface area (Å²) in [7, 11) is 0. The minimum atomic E-state index is -0.206. The van der Waals surface area contributed by atoms with Gasteiger partial charge in [0, 0.05) is 10.0 Å². The third-order valence-electron chi connectivity index (χ3n) is 3.68. The highest BCUT2D eigenvalue weighted by atomic mass is 79.9. The lowest BCUT2D eigenvalue weighted by molar-refractivity contribution is 0.102. The van der Waals surface area contributed by atoms with E-state index in [-0.39, 0.29) is 5.91 Å². The Morgan fingerprint density at radius 2 is 1.85 bits per heavy atom. The fraction of sp³-hybridized carbons (Fsp3) is 0. The molecule has 7 heteroatoms. The van der Waals surface area contributed by atoms with E-state index in [0.717, 1.165) is 9.35 Å². The predicted molar refractivity (Wildman–Crippen MR) is 105 cm³/mol. The first-order valence-corrected chi connectivity index (χ1v) is 9.42. The first kappa shape index (κ1) is 16.7. The molecule has 4 aromatic rings. The van der Waals surface area contributed by atoms with E-state index < -0.39 is 0 Å². The molecule has 2 aromatic carbocycles. The van der Waals surface area contributed by atoms with E-state index in [1.54, 1.807) is 18.2 Å². The SMILES string of the molecule is O=C(Nc1ccccc1-c1nc(-c2cccs2)no1)c1ccc(Br)cc1. The summed E-state index contributed by atoms with van der Waals surface area (Å²) < 4.78 is 6.32. The zero-order valence-corrected chi connectivity index (χ0v) is 15.8. The van der Waals surface area contributed by atoms with Gasteiger partial charge in [-0.05, 0) is 47.8 Å². The van der Waals surface area contributed by atoms with Gasteiger partial charge < -0.3 is 9.84 Å². The van der Waals surface area contributed by atoms with Gasteiger partial charge >= 0.3 is 0 Å². The summed E-state index contributed by atoms with van der Waals surface area (Å²) in [6.07, 6.45) is 0. The summed E-state index contributed by atoms with van der Waals surface area (Å²) in [4.78, 5) is 17.9. The number of carbonyl (C=O) groups is 1. The molecule has 2 aromatic heterocycles. The number of nitrogens with zero attached hydrogens (tertiary/aromatic N) is 2. The summed E-state index contributed by atoms with van der Waals surface area (Å²) >= 11 is 4.90. The third kappa shape index (κ3) is 3.44. The van der Waals surface area contributed by atoms with Crippen molar-refractivity contribution in [3.8, 4) is 22.2 Å². The Bertz CT molecular complexity index is 1040. The van der Waals surface area contributed by atoms with Gasteiger partial charge in [-0.2, -0.15) is 4.98 Å². The van der Waals surface area contributed by atoms with Crippen molar-refractivity contribution in [2.45, 2.75) is 0 Å². The highest BCUT2D eigenvalue weighted by Gasteiger charge is 2.16. The molecule has 2 heterocycles. The van der Waals surface area contributed by atoms with Gasteiger partial charge in [0.25, 0.3) is 11.8 Å². The van der Waals surface area contributed by atoms with E-state index in [2.05, 4.69) is 31.4 Å². The maximum absolute atomic E-state index is 12.5. The number of amides is 1. The second-order valence-electron chi connectivity index (χ2n) is 5.41. The number of hydrogen-bond donors (Lipinski definition) is 1. The lowest BCUT2D eigenvalue weighted by Gasteiger charge is -2.08. The number of nitrogens with one attached hydrogen (secondary N) is 1. The standard InChI is InChI=1S/C19H12BrN3O2S/c20-13-9-7-12(8-10-13)18(24)21-15-5-2-1-4-14(15)19-22-17(23-25-19)16-6-3-11-26-16/h1-11H,(H,21,24). The van der Waals surface area contributed by atoms with Gasteiger partial charge in [0.1, 0.15) is 0 Å². The fourth-order valence-corrected chi connectivity index (χ4v) is 3.33. The molecule has 1 N–H and O–H groups in total. The van der Waals surface area contributed by atoms with Crippen molar-refractivity contribution in [3.05, 3.63) is 76.1 Å². The lowest BCUT2D eigenvalue weighted by Crippen LogP contribution is -2.12. The van der Waals surface area contributed by atoms with Gasteiger partial charge in [-0.3, -0.25) is 4.79 Å². The second kappa shape index (κ2) is 7.23. The van der Waals surface area contributed by atoms with E-state index >= 15 is 0 Å². The van der Waals surface area contributed by atoms with Crippen LogP contribution in [0.15, 0.2) is 75.0 Å². The van der Waals surface area contributed by atoms with Crippen molar-refractivity contribution in [1.82, 2.24) is 10.1 Å². The fourth-order valence-electron chi connectivity index (χ4n) is 2.41. The van der Waals surface area contributed by atoms with Crippen LogP contribution in [-0.4, -0.2) is 16.0 Å². The quantitative estimate of drug-likeness (QED) is 0.469. The first-order valence-electron chi connectivity index (χ1n) is 7.74. The number of carbonyl (C=O) groups excluding carboxylic acids is 1. The molecular weight excluding hydrogens is 414 g/mol. The van der Waals surface area contributed by atoms with Gasteiger partial charge in [-0.15, -0.1) is 11.3 Å². The van der Waals surface area contributed by atoms with Crippen LogP contribution in [0.3, 0.4) is 0 Å². The molecule has 0 fully saturated rings. The van der Waals surface area contributed by atoms with Crippen molar-refractivity contribution in [2.24, 2.45) is 0 Å². The predicted octanol–water partition coefficient (Wildman–Crippen LogP) is 5.48. The molecule has 0 unspecified atom stereocenters. The minimum absolute atomic E-state index is 0.206. The molecule has 0 aliphatic rings. The Labute approximate surface area is 161 Å². The number of benzene rings is 2. The first-order chi connectivity index (χ1) is 12.7. The summed E-state index contributed by atoms with van der Waals surface area (Å²) in [5.74, 6) is 0.687. The molecule has 0 radical (unpaired) electrons. The van der Waals surface area contributed by atoms with Gasteiger partial charge in [0.15, 0.2) is 0 Å². The smallest absolute Gasteiger partial charge is 0.260 e. The second-order valence-corrected chi connectivity index (χ2v) is 7.27. The summed E-state index contributed by atoms with van der Waals surface area (Å²) in [6.45, 7) is 0. The Hall–Kier alpha value is -2.77. The normalized spacial score (nSPS) is 10.7. The van der Waals surface area contributed by atoms with E-state index in [4.69, 9.17) is 4.52 Å². The lowest BCUT2D eigenvalue weighted by atomic mass is 10.1. The van der Waals surface area contributed by atoms with Crippen LogP contribution in [0, 0.1) is 0 Å². The molecule has 128 valence electrons. The highest BCUT2D eigenvalue weighted by Crippen LogP contribution is 2.30. The van der Waals surface area contributed by atoms with Crippen molar-refractivity contribution in [3.63, 3.8) is 0 Å². The van der Waals surface area contributed by atoms with E-state index in [0.29, 0.717) is 28.5 Å². The summed E-state index contributed by atoms with van der Waals surface area (Å²) in [5.41, 5.74) is 1.85. The Morgan fingerprint density at radius 1 is 1.04 bits per heavy atom. The Kier molecular flexibility index (Phi) is 4.64. The van der Waals surface area contributed by atoms with Crippen LogP contribution in [0.1, 0.15) is 10.4 Å². The zero-order valence-electron chi connectivity index (χ0n) is 13.3. The van der Waals surface area contributed by atoms with Crippen LogP contribution in [0.2, 0.25) is 0 Å². The molecule has 5 nitrogen and oxygen atoms in total. The van der Waals surface area contributed by atoms with Gasteiger partial charge in [-0.25, -0.2) is 0 Å². The monoisotopic (exact) mass is 425 g/mol. The maximum Gasteiger partial charge on any atom is 0.260 e. The van der Waals surface area contributed by atoms with Crippen LogP contribution in [0.4, 0.5) is 5.69 Å². The molecule has 0 bridgehead atoms. The molecule has 26 heavy (non-hydrogen) atoms. The molecule has 1 amide bonds. The number of aromatic nitrogens is 2. The van der Waals surface area contributed by atoms with E-state index in [1.165, 1.54) is 11.3 Å². The topological polar surface area (TPSA) is 68.0 Å². The number of halogens is 1. The Morgan fingerprint density at radius 3 is 2.62 bits per heavy atom. The number of anilines is 1. The molecule has 0 spiro atoms. The van der Waals surface area contributed by atoms with Crippen LogP contribution in [0.5, 0.6) is 0 Å². The van der Waals surface area contributed by atoms with Crippen molar-refractivity contribution >= 4 is 38.9 Å². The minimum Gasteiger partial charge on any atom is -0.334 e. The maximum atomic E-state index is 12.5. The Balaban J connectivity index is 1.63. The number of para-hydroxylation sites is 1. The van der Waals surface area contributed by atoms with Crippen molar-refractivity contribution in [2.75, 3.05) is 5.32 Å². The van der Waals surface area contributed by atoms with Crippen LogP contribution in [-0.2, 0) is 0 Å². The highest BCUT2D eigenvalue weighted by molar-refractivity contribution is 9.10. The summed E-state index contributed by atoms with van der Waals surface area (Å²) in [6, 6.07) is 18.4. The molecule has 4 rings (SSSR count). The number of hydrogen-bond acceptors (Lipinski definition) is 5. The molecule has 0 atom stereocenters. The molecule has 0 aliphatic carbocycles. The van der Waals surface area contributed by atoms with Gasteiger partial charge in [0.2, 0.25) is 5.82 Å². The van der Waals surface area contributed by atoms with E-state index in [1.807, 2.05) is 47.8 Å². The molecule has 0 saturated heterocycles. The van der Waals surface area contributed by atoms with Crippen molar-refractivity contribution in [1.29, 1.82) is 0 Å². The number of thiophene rings is 1. The average Bonchev–Trinajstić information content (AvgIpc) is 3.34. The van der Waals surface area contributed by atoms with Crippen LogP contribution < -0.4 is 5.32 Å². The van der Waals surface area contributed by atoms with Crippen molar-refractivity contribution < 1.29 is 9.32 Å². The van der Waals surface area contributed by atoms with Gasteiger partial charge in [-0.1, -0.05) is 39.3 Å². The number of rotatable bonds is 4. The molecule has 0 saturated carbocycles. The zero-order chi connectivity index (χ0) is 17.9. The largest absolute Gasteiger partial charge is 0.334 e. The van der Waals surface area contributed by atoms with E-state index in [9.17, 15) is 4.79 Å². The summed E-state index contributed by atoms with van der Waals surface area (Å²) in [5, 5.41) is 8.90. The van der Waals surface area contributed by atoms with Crippen LogP contribution >= 0.6 is 27.3 Å². The van der Waals surface area contributed by atoms with Crippen LogP contribution in [0.25, 0.3) is 22.2 Å². The molecular formula is C19H12BrN3O2S. The average molecular weight is 426 g/mol.